The number of hydrogen-bond donors (Lipinski definition) is 4. The van der Waals surface area contributed by atoms with Crippen LogP contribution in [0.15, 0.2) is 24.3 Å². The first-order chi connectivity index (χ1) is 15.6. The predicted octanol–water partition coefficient (Wildman–Crippen LogP) is 1.85. The molecule has 1 aromatic heterocycles. The van der Waals surface area contributed by atoms with Crippen LogP contribution in [0.4, 0.5) is 8.78 Å². The SMILES string of the molecule is COc1cccc2[nH]c(C(=O)N[C@@H](CC(C)(F)F)C(=O)N[C@H](C#N)C[C@@H]3CCNC3=O)cc12. The molecule has 1 aliphatic rings. The van der Waals surface area contributed by atoms with Crippen LogP contribution >= 0.6 is 0 Å². The normalized spacial score (nSPS) is 17.7. The maximum Gasteiger partial charge on any atom is 0.268 e. The number of aromatic nitrogens is 1. The van der Waals surface area contributed by atoms with Crippen molar-refractivity contribution in [1.82, 2.24) is 20.9 Å². The van der Waals surface area contributed by atoms with Gasteiger partial charge in [-0.3, -0.25) is 14.4 Å². The van der Waals surface area contributed by atoms with Gasteiger partial charge < -0.3 is 25.7 Å². The van der Waals surface area contributed by atoms with Crippen molar-refractivity contribution in [1.29, 1.82) is 5.26 Å². The Morgan fingerprint density at radius 1 is 1.36 bits per heavy atom. The molecule has 9 nitrogen and oxygen atoms in total. The van der Waals surface area contributed by atoms with Gasteiger partial charge in [0, 0.05) is 29.8 Å². The number of nitriles is 1. The zero-order valence-corrected chi connectivity index (χ0v) is 18.2. The van der Waals surface area contributed by atoms with Gasteiger partial charge >= 0.3 is 0 Å². The standard InChI is InChI=1S/C22H25F2N5O4/c1-22(23,24)10-17(21(32)27-13(11-25)8-12-6-7-26-19(12)30)29-20(31)16-9-14-15(28-16)4-3-5-18(14)33-2/h3-5,9,12-13,17,28H,6-8,10H2,1-2H3,(H,26,30)(H,27,32)(H,29,31)/t12-,13-,17-/m0/s1. The van der Waals surface area contributed by atoms with Crippen LogP contribution in [0.3, 0.4) is 0 Å². The average molecular weight is 461 g/mol. The van der Waals surface area contributed by atoms with Crippen molar-refractivity contribution in [3.8, 4) is 11.8 Å². The fourth-order valence-electron chi connectivity index (χ4n) is 3.80. The summed E-state index contributed by atoms with van der Waals surface area (Å²) in [6.07, 6.45) is -0.390. The van der Waals surface area contributed by atoms with E-state index in [1.165, 1.54) is 13.2 Å². The molecule has 3 atom stereocenters. The maximum atomic E-state index is 13.8. The molecule has 0 radical (unpaired) electrons. The summed E-state index contributed by atoms with van der Waals surface area (Å²) in [4.78, 5) is 40.1. The van der Waals surface area contributed by atoms with Crippen LogP contribution in [0.1, 0.15) is 36.7 Å². The molecule has 0 saturated carbocycles. The fourth-order valence-corrected chi connectivity index (χ4v) is 3.80. The molecular formula is C22H25F2N5O4. The Hall–Kier alpha value is -3.68. The Kier molecular flexibility index (Phi) is 7.16. The number of halogens is 2. The molecule has 2 aromatic rings. The number of benzene rings is 1. The number of H-pyrrole nitrogens is 1. The molecule has 0 bridgehead atoms. The Morgan fingerprint density at radius 3 is 2.73 bits per heavy atom. The molecule has 1 fully saturated rings. The third-order valence-electron chi connectivity index (χ3n) is 5.43. The summed E-state index contributed by atoms with van der Waals surface area (Å²) in [7, 11) is 1.48. The van der Waals surface area contributed by atoms with Crippen molar-refractivity contribution in [3.63, 3.8) is 0 Å². The number of alkyl halides is 2. The van der Waals surface area contributed by atoms with Crippen LogP contribution in [-0.4, -0.2) is 54.4 Å². The summed E-state index contributed by atoms with van der Waals surface area (Å²) in [6.45, 7) is 1.11. The molecule has 1 aliphatic heterocycles. The number of carbonyl (C=O) groups is 3. The topological polar surface area (TPSA) is 136 Å². The smallest absolute Gasteiger partial charge is 0.268 e. The summed E-state index contributed by atoms with van der Waals surface area (Å²) >= 11 is 0. The summed E-state index contributed by atoms with van der Waals surface area (Å²) in [5, 5.41) is 17.3. The third-order valence-corrected chi connectivity index (χ3v) is 5.43. The van der Waals surface area contributed by atoms with Crippen molar-refractivity contribution in [2.75, 3.05) is 13.7 Å². The largest absolute Gasteiger partial charge is 0.496 e. The summed E-state index contributed by atoms with van der Waals surface area (Å²) < 4.78 is 32.8. The van der Waals surface area contributed by atoms with Crippen molar-refractivity contribution in [3.05, 3.63) is 30.0 Å². The van der Waals surface area contributed by atoms with Gasteiger partial charge in [0.05, 0.1) is 13.2 Å². The molecule has 4 N–H and O–H groups in total. The molecule has 3 rings (SSSR count). The van der Waals surface area contributed by atoms with Crippen LogP contribution < -0.4 is 20.7 Å². The molecular weight excluding hydrogens is 436 g/mol. The van der Waals surface area contributed by atoms with E-state index in [-0.39, 0.29) is 18.0 Å². The number of rotatable bonds is 9. The molecule has 0 spiro atoms. The van der Waals surface area contributed by atoms with E-state index < -0.39 is 42.2 Å². The number of aromatic amines is 1. The lowest BCUT2D eigenvalue weighted by Gasteiger charge is -2.23. The van der Waals surface area contributed by atoms with Gasteiger partial charge in [0.25, 0.3) is 5.91 Å². The number of methoxy groups -OCH3 is 1. The van der Waals surface area contributed by atoms with E-state index in [0.29, 0.717) is 36.5 Å². The second kappa shape index (κ2) is 9.85. The number of amides is 3. The van der Waals surface area contributed by atoms with E-state index in [2.05, 4.69) is 20.9 Å². The second-order valence-electron chi connectivity index (χ2n) is 8.11. The zero-order chi connectivity index (χ0) is 24.2. The number of nitrogens with one attached hydrogen (secondary N) is 4. The number of hydrogen-bond acceptors (Lipinski definition) is 5. The molecule has 1 saturated heterocycles. The van der Waals surface area contributed by atoms with Gasteiger partial charge in [0.1, 0.15) is 23.5 Å². The van der Waals surface area contributed by atoms with Gasteiger partial charge in [-0.2, -0.15) is 5.26 Å². The molecule has 1 aromatic carbocycles. The fraction of sp³-hybridized carbons (Fsp3) is 0.455. The highest BCUT2D eigenvalue weighted by atomic mass is 19.3. The van der Waals surface area contributed by atoms with E-state index in [1.807, 2.05) is 6.07 Å². The molecule has 0 unspecified atom stereocenters. The first-order valence-corrected chi connectivity index (χ1v) is 10.4. The average Bonchev–Trinajstić information content (AvgIpc) is 3.37. The first-order valence-electron chi connectivity index (χ1n) is 10.4. The van der Waals surface area contributed by atoms with Gasteiger partial charge in [0.15, 0.2) is 0 Å². The summed E-state index contributed by atoms with van der Waals surface area (Å²) in [5.74, 6) is -5.10. The Labute approximate surface area is 188 Å². The van der Waals surface area contributed by atoms with Gasteiger partial charge in [-0.1, -0.05) is 6.07 Å². The summed E-state index contributed by atoms with van der Waals surface area (Å²) in [5.41, 5.74) is 0.659. The highest BCUT2D eigenvalue weighted by molar-refractivity contribution is 6.01. The van der Waals surface area contributed by atoms with Crippen molar-refractivity contribution in [2.45, 2.75) is 44.2 Å². The minimum atomic E-state index is -3.26. The summed E-state index contributed by atoms with van der Waals surface area (Å²) in [6, 6.07) is 5.87. The number of fused-ring (bicyclic) bond motifs is 1. The lowest BCUT2D eigenvalue weighted by atomic mass is 9.98. The molecule has 0 aliphatic carbocycles. The monoisotopic (exact) mass is 461 g/mol. The first kappa shape index (κ1) is 24.0. The van der Waals surface area contributed by atoms with Gasteiger partial charge in [-0.05, 0) is 38.0 Å². The highest BCUT2D eigenvalue weighted by Gasteiger charge is 2.35. The molecule has 3 amide bonds. The van der Waals surface area contributed by atoms with Crippen LogP contribution in [0, 0.1) is 17.2 Å². The van der Waals surface area contributed by atoms with Crippen LogP contribution in [-0.2, 0) is 9.59 Å². The van der Waals surface area contributed by atoms with E-state index in [4.69, 9.17) is 4.74 Å². The second-order valence-corrected chi connectivity index (χ2v) is 8.11. The van der Waals surface area contributed by atoms with E-state index in [9.17, 15) is 28.4 Å². The lowest BCUT2D eigenvalue weighted by molar-refractivity contribution is -0.126. The van der Waals surface area contributed by atoms with Crippen molar-refractivity contribution >= 4 is 28.6 Å². The number of ether oxygens (including phenoxy) is 1. The van der Waals surface area contributed by atoms with E-state index in [0.717, 1.165) is 0 Å². The Balaban J connectivity index is 1.74. The molecule has 11 heteroatoms. The van der Waals surface area contributed by atoms with Crippen LogP contribution in [0.5, 0.6) is 5.75 Å². The van der Waals surface area contributed by atoms with Crippen LogP contribution in [0.2, 0.25) is 0 Å². The van der Waals surface area contributed by atoms with Gasteiger partial charge in [0.2, 0.25) is 17.7 Å². The quantitative estimate of drug-likeness (QED) is 0.452. The minimum Gasteiger partial charge on any atom is -0.496 e. The highest BCUT2D eigenvalue weighted by Crippen LogP contribution is 2.26. The van der Waals surface area contributed by atoms with Crippen molar-refractivity contribution in [2.24, 2.45) is 5.92 Å². The van der Waals surface area contributed by atoms with Gasteiger partial charge in [-0.15, -0.1) is 0 Å². The zero-order valence-electron chi connectivity index (χ0n) is 18.2. The molecule has 33 heavy (non-hydrogen) atoms. The van der Waals surface area contributed by atoms with Gasteiger partial charge in [-0.25, -0.2) is 8.78 Å². The minimum absolute atomic E-state index is 0.0546. The Morgan fingerprint density at radius 2 is 2.12 bits per heavy atom. The predicted molar refractivity (Wildman–Crippen MR) is 115 cm³/mol. The lowest BCUT2D eigenvalue weighted by Crippen LogP contribution is -2.51. The third kappa shape index (κ3) is 5.97. The number of carbonyl (C=O) groups excluding carboxylic acids is 3. The van der Waals surface area contributed by atoms with Crippen molar-refractivity contribution < 1.29 is 27.9 Å². The van der Waals surface area contributed by atoms with Crippen LogP contribution in [0.25, 0.3) is 10.9 Å². The molecule has 176 valence electrons. The molecule has 2 heterocycles. The Bertz CT molecular complexity index is 1090. The number of nitrogens with zero attached hydrogens (tertiary/aromatic N) is 1. The van der Waals surface area contributed by atoms with E-state index in [1.54, 1.807) is 18.2 Å². The maximum absolute atomic E-state index is 13.8. The van der Waals surface area contributed by atoms with E-state index >= 15 is 0 Å².